The molecule has 114 valence electrons. The third-order valence-corrected chi connectivity index (χ3v) is 6.11. The summed E-state index contributed by atoms with van der Waals surface area (Å²) in [7, 11) is -5.80. The van der Waals surface area contributed by atoms with Crippen LogP contribution in [0.4, 0.5) is 13.2 Å². The molecule has 8 heteroatoms. The minimum atomic E-state index is -5.80. The summed E-state index contributed by atoms with van der Waals surface area (Å²) in [6.07, 6.45) is -1.70. The van der Waals surface area contributed by atoms with Crippen molar-refractivity contribution < 1.29 is 30.9 Å². The summed E-state index contributed by atoms with van der Waals surface area (Å²) < 4.78 is 71.7. The maximum absolute atomic E-state index is 14.3. The predicted octanol–water partition coefficient (Wildman–Crippen LogP) is 2.20. The van der Waals surface area contributed by atoms with Crippen LogP contribution in [0.1, 0.15) is 32.1 Å². The van der Waals surface area contributed by atoms with Crippen molar-refractivity contribution >= 4 is 15.9 Å². The highest BCUT2D eigenvalue weighted by molar-refractivity contribution is 7.86. The molecule has 4 bridgehead atoms. The molecule has 0 aliphatic heterocycles. The molecule has 1 N–H and O–H groups in total. The molecule has 0 aromatic rings. The summed E-state index contributed by atoms with van der Waals surface area (Å²) in [5, 5.41) is -4.82. The smallest absolute Gasteiger partial charge is 0.299 e. The van der Waals surface area contributed by atoms with Gasteiger partial charge in [-0.05, 0) is 38.0 Å². The molecule has 4 aliphatic rings. The van der Waals surface area contributed by atoms with Crippen LogP contribution >= 0.6 is 0 Å². The minimum Gasteiger partial charge on any atom is -0.299 e. The third kappa shape index (κ3) is 1.76. The van der Waals surface area contributed by atoms with Crippen LogP contribution in [0.3, 0.4) is 0 Å². The molecule has 0 radical (unpaired) electrons. The van der Waals surface area contributed by atoms with Crippen LogP contribution in [0.2, 0.25) is 0 Å². The van der Waals surface area contributed by atoms with Crippen LogP contribution in [-0.2, 0) is 14.9 Å². The monoisotopic (exact) mass is 312 g/mol. The lowest BCUT2D eigenvalue weighted by molar-refractivity contribution is -0.168. The molecule has 3 atom stereocenters. The lowest BCUT2D eigenvalue weighted by atomic mass is 9.48. The first-order chi connectivity index (χ1) is 9.07. The fourth-order valence-electron chi connectivity index (χ4n) is 4.61. The van der Waals surface area contributed by atoms with Crippen LogP contribution in [0.5, 0.6) is 0 Å². The number of halogens is 3. The Hall–Kier alpha value is -0.630. The zero-order valence-corrected chi connectivity index (χ0v) is 11.4. The fourth-order valence-corrected chi connectivity index (χ4v) is 5.12. The number of carbonyl (C=O) groups excluding carboxylic acids is 1. The summed E-state index contributed by atoms with van der Waals surface area (Å²) >= 11 is 0. The van der Waals surface area contributed by atoms with Gasteiger partial charge in [0.2, 0.25) is 0 Å². The lowest BCUT2D eigenvalue weighted by Gasteiger charge is -2.57. The third-order valence-electron chi connectivity index (χ3n) is 5.22. The van der Waals surface area contributed by atoms with Gasteiger partial charge >= 0.3 is 15.4 Å². The summed E-state index contributed by atoms with van der Waals surface area (Å²) in [5.41, 5.74) is -1.50. The summed E-state index contributed by atoms with van der Waals surface area (Å²) in [5.74, 6) is -0.868. The maximum atomic E-state index is 14.3. The van der Waals surface area contributed by atoms with E-state index in [1.807, 2.05) is 0 Å². The number of hydrogen-bond donors (Lipinski definition) is 1. The van der Waals surface area contributed by atoms with E-state index < -0.39 is 38.8 Å². The van der Waals surface area contributed by atoms with E-state index in [0.29, 0.717) is 12.8 Å². The SMILES string of the molecule is O=C1C2CC3CC1CC(C(F)C(F)(F)S(=O)(=O)O)(C3)C2. The van der Waals surface area contributed by atoms with E-state index in [2.05, 4.69) is 0 Å². The molecule has 4 fully saturated rings. The molecule has 0 heterocycles. The Morgan fingerprint density at radius 3 is 2.15 bits per heavy atom. The zero-order valence-electron chi connectivity index (χ0n) is 10.6. The molecule has 0 aromatic carbocycles. The van der Waals surface area contributed by atoms with E-state index >= 15 is 0 Å². The van der Waals surface area contributed by atoms with Gasteiger partial charge in [-0.2, -0.15) is 17.2 Å². The van der Waals surface area contributed by atoms with Crippen LogP contribution in [0, 0.1) is 23.2 Å². The molecule has 20 heavy (non-hydrogen) atoms. The van der Waals surface area contributed by atoms with Gasteiger partial charge in [0, 0.05) is 17.3 Å². The second kappa shape index (κ2) is 3.97. The second-order valence-electron chi connectivity index (χ2n) is 6.51. The number of Topliss-reactive ketones (excluding diaryl/α,β-unsaturated/α-hetero) is 1. The molecule has 0 amide bonds. The summed E-state index contributed by atoms with van der Waals surface area (Å²) in [6.45, 7) is 0. The average molecular weight is 312 g/mol. The van der Waals surface area contributed by atoms with Crippen LogP contribution in [-0.4, -0.2) is 30.2 Å². The van der Waals surface area contributed by atoms with Crippen molar-refractivity contribution in [3.05, 3.63) is 0 Å². The number of rotatable bonds is 3. The number of carbonyl (C=O) groups is 1. The van der Waals surface area contributed by atoms with Crippen molar-refractivity contribution in [2.45, 2.75) is 43.5 Å². The highest BCUT2D eigenvalue weighted by Crippen LogP contribution is 2.62. The topological polar surface area (TPSA) is 71.4 Å². The van der Waals surface area contributed by atoms with Gasteiger partial charge < -0.3 is 0 Å². The second-order valence-corrected chi connectivity index (χ2v) is 8.00. The molecule has 0 aromatic heterocycles. The van der Waals surface area contributed by atoms with Crippen molar-refractivity contribution in [3.63, 3.8) is 0 Å². The van der Waals surface area contributed by atoms with Gasteiger partial charge in [-0.15, -0.1) is 0 Å². The van der Waals surface area contributed by atoms with Gasteiger partial charge in [-0.25, -0.2) is 4.39 Å². The fraction of sp³-hybridized carbons (Fsp3) is 0.917. The van der Waals surface area contributed by atoms with Crippen molar-refractivity contribution in [2.24, 2.45) is 23.2 Å². The van der Waals surface area contributed by atoms with E-state index in [1.165, 1.54) is 0 Å². The van der Waals surface area contributed by atoms with Crippen LogP contribution in [0.25, 0.3) is 0 Å². The first-order valence-corrected chi connectivity index (χ1v) is 8.03. The van der Waals surface area contributed by atoms with Gasteiger partial charge in [0.25, 0.3) is 0 Å². The number of alkyl halides is 3. The molecule has 4 saturated carbocycles. The molecule has 4 rings (SSSR count). The molecular formula is C12H15F3O4S. The first kappa shape index (κ1) is 14.3. The Morgan fingerprint density at radius 2 is 1.70 bits per heavy atom. The predicted molar refractivity (Wildman–Crippen MR) is 62.4 cm³/mol. The minimum absolute atomic E-state index is 0.000599. The summed E-state index contributed by atoms with van der Waals surface area (Å²) in [4.78, 5) is 11.9. The number of ketones is 1. The van der Waals surface area contributed by atoms with Crippen molar-refractivity contribution in [1.82, 2.24) is 0 Å². The Labute approximate surface area is 114 Å². The van der Waals surface area contributed by atoms with Crippen molar-refractivity contribution in [3.8, 4) is 0 Å². The van der Waals surface area contributed by atoms with Crippen LogP contribution in [0.15, 0.2) is 0 Å². The van der Waals surface area contributed by atoms with E-state index in [9.17, 15) is 26.4 Å². The molecule has 4 nitrogen and oxygen atoms in total. The quantitative estimate of drug-likeness (QED) is 0.811. The van der Waals surface area contributed by atoms with Crippen molar-refractivity contribution in [2.75, 3.05) is 0 Å². The van der Waals surface area contributed by atoms with E-state index in [0.717, 1.165) is 0 Å². The Balaban J connectivity index is 1.96. The Morgan fingerprint density at radius 1 is 1.20 bits per heavy atom. The normalized spacial score (nSPS) is 42.0. The molecule has 0 saturated heterocycles. The average Bonchev–Trinajstić information content (AvgIpc) is 2.32. The van der Waals surface area contributed by atoms with E-state index in [4.69, 9.17) is 4.55 Å². The van der Waals surface area contributed by atoms with E-state index in [-0.39, 0.29) is 31.0 Å². The highest BCUT2D eigenvalue weighted by atomic mass is 32.2. The maximum Gasteiger partial charge on any atom is 0.400 e. The molecule has 3 unspecified atom stereocenters. The Kier molecular flexibility index (Phi) is 2.84. The Bertz CT molecular complexity index is 541. The zero-order chi connectivity index (χ0) is 14.9. The van der Waals surface area contributed by atoms with Gasteiger partial charge in [0.05, 0.1) is 0 Å². The van der Waals surface area contributed by atoms with Crippen molar-refractivity contribution in [1.29, 1.82) is 0 Å². The van der Waals surface area contributed by atoms with Crippen LogP contribution < -0.4 is 0 Å². The standard InChI is InChI=1S/C12H15F3O4S/c13-10(12(14,15)20(17,18)19)11-3-6-1-7(4-11)9(16)8(2-6)5-11/h6-8,10H,1-5H2,(H,17,18,19). The van der Waals surface area contributed by atoms with Gasteiger partial charge in [0.1, 0.15) is 5.78 Å². The van der Waals surface area contributed by atoms with Gasteiger partial charge in [0.15, 0.2) is 6.17 Å². The van der Waals surface area contributed by atoms with E-state index in [1.54, 1.807) is 0 Å². The summed E-state index contributed by atoms with van der Waals surface area (Å²) in [6, 6.07) is 0. The molecular weight excluding hydrogens is 297 g/mol. The van der Waals surface area contributed by atoms with Gasteiger partial charge in [-0.3, -0.25) is 9.35 Å². The lowest BCUT2D eigenvalue weighted by Crippen LogP contribution is -2.59. The van der Waals surface area contributed by atoms with Gasteiger partial charge in [-0.1, -0.05) is 0 Å². The highest BCUT2D eigenvalue weighted by Gasteiger charge is 2.67. The molecule has 4 aliphatic carbocycles. The largest absolute Gasteiger partial charge is 0.400 e. The molecule has 0 spiro atoms. The first-order valence-electron chi connectivity index (χ1n) is 6.59. The number of hydrogen-bond acceptors (Lipinski definition) is 3.